The molecular weight excluding hydrogens is 306 g/mol. The van der Waals surface area contributed by atoms with Gasteiger partial charge in [-0.05, 0) is 35.6 Å². The molecule has 0 saturated heterocycles. The Labute approximate surface area is 138 Å². The number of nitrogens with zero attached hydrogens (tertiary/aromatic N) is 3. The van der Waals surface area contributed by atoms with Crippen LogP contribution in [0.5, 0.6) is 0 Å². The Hall–Kier alpha value is -2.60. The molecule has 23 heavy (non-hydrogen) atoms. The lowest BCUT2D eigenvalue weighted by atomic mass is 10.1. The summed E-state index contributed by atoms with van der Waals surface area (Å²) < 4.78 is 2.25. The van der Waals surface area contributed by atoms with Crippen LogP contribution in [0.4, 0.5) is 0 Å². The van der Waals surface area contributed by atoms with E-state index in [2.05, 4.69) is 64.5 Å². The highest BCUT2D eigenvalue weighted by Crippen LogP contribution is 2.37. The van der Waals surface area contributed by atoms with E-state index in [0.29, 0.717) is 6.42 Å². The fourth-order valence-electron chi connectivity index (χ4n) is 2.82. The van der Waals surface area contributed by atoms with Gasteiger partial charge < -0.3 is 16.0 Å². The minimum Gasteiger partial charge on any atom is -0.369 e. The molecule has 3 aromatic rings. The number of thiophene rings is 1. The van der Waals surface area contributed by atoms with Gasteiger partial charge in [-0.1, -0.05) is 18.2 Å². The van der Waals surface area contributed by atoms with E-state index < -0.39 is 0 Å². The minimum absolute atomic E-state index is 0.0338. The van der Waals surface area contributed by atoms with Crippen molar-refractivity contribution in [2.24, 2.45) is 28.7 Å². The molecule has 0 aliphatic carbocycles. The van der Waals surface area contributed by atoms with Gasteiger partial charge in [-0.2, -0.15) is 5.10 Å². The first-order valence-corrected chi connectivity index (χ1v) is 8.18. The Morgan fingerprint density at radius 2 is 2.04 bits per heavy atom. The Balaban J connectivity index is 2.16. The van der Waals surface area contributed by atoms with E-state index in [0.717, 1.165) is 0 Å². The Kier molecular flexibility index (Phi) is 4.16. The summed E-state index contributed by atoms with van der Waals surface area (Å²) in [7, 11) is 2.10. The van der Waals surface area contributed by atoms with Crippen LogP contribution in [0.15, 0.2) is 45.9 Å². The second-order valence-electron chi connectivity index (χ2n) is 5.36. The molecule has 0 amide bonds. The molecule has 1 aromatic carbocycles. The Bertz CT molecular complexity index is 897. The molecule has 0 bridgehead atoms. The molecule has 0 fully saturated rings. The van der Waals surface area contributed by atoms with Crippen molar-refractivity contribution < 1.29 is 0 Å². The SMILES string of the molecule is Cc1ccsc1-c1c(CC=NN=C(N)N)c2ccccc2n1C. The standard InChI is InChI=1S/C17H19N5S/c1-11-8-10-23-16(11)15-13(7-9-20-21-17(18)19)12-5-3-4-6-14(12)22(15)2/h3-6,8-10H,7H2,1-2H3,(H4,18,19,21). The van der Waals surface area contributed by atoms with E-state index in [4.69, 9.17) is 11.5 Å². The average molecular weight is 325 g/mol. The molecule has 6 heteroatoms. The zero-order chi connectivity index (χ0) is 16.4. The lowest BCUT2D eigenvalue weighted by molar-refractivity contribution is 0.973. The smallest absolute Gasteiger partial charge is 0.211 e. The van der Waals surface area contributed by atoms with Crippen molar-refractivity contribution in [2.45, 2.75) is 13.3 Å². The third kappa shape index (κ3) is 2.85. The predicted molar refractivity (Wildman–Crippen MR) is 99.0 cm³/mol. The van der Waals surface area contributed by atoms with Crippen molar-refractivity contribution in [3.05, 3.63) is 46.8 Å². The van der Waals surface area contributed by atoms with Crippen LogP contribution in [0.3, 0.4) is 0 Å². The first-order valence-electron chi connectivity index (χ1n) is 7.30. The van der Waals surface area contributed by atoms with Crippen LogP contribution in [-0.2, 0) is 13.5 Å². The van der Waals surface area contributed by atoms with Crippen LogP contribution < -0.4 is 11.5 Å². The second kappa shape index (κ2) is 6.26. The molecule has 3 rings (SSSR count). The number of hydrogen-bond acceptors (Lipinski definition) is 3. The maximum Gasteiger partial charge on any atom is 0.211 e. The molecule has 2 aromatic heterocycles. The molecule has 4 N–H and O–H groups in total. The fraction of sp³-hybridized carbons (Fsp3) is 0.176. The molecule has 0 aliphatic heterocycles. The third-order valence-corrected chi connectivity index (χ3v) is 4.86. The van der Waals surface area contributed by atoms with Gasteiger partial charge in [0, 0.05) is 30.6 Å². The highest BCUT2D eigenvalue weighted by molar-refractivity contribution is 7.13. The lowest BCUT2D eigenvalue weighted by Gasteiger charge is -2.06. The van der Waals surface area contributed by atoms with Gasteiger partial charge in [-0.15, -0.1) is 16.4 Å². The first-order chi connectivity index (χ1) is 11.1. The predicted octanol–water partition coefficient (Wildman–Crippen LogP) is 3.02. The normalized spacial score (nSPS) is 11.4. The lowest BCUT2D eigenvalue weighted by Crippen LogP contribution is -2.21. The summed E-state index contributed by atoms with van der Waals surface area (Å²) in [6, 6.07) is 10.5. The number of aryl methyl sites for hydroxylation is 2. The van der Waals surface area contributed by atoms with Gasteiger partial charge in [0.2, 0.25) is 5.96 Å². The van der Waals surface area contributed by atoms with E-state index in [9.17, 15) is 0 Å². The quantitative estimate of drug-likeness (QED) is 0.439. The summed E-state index contributed by atoms with van der Waals surface area (Å²) >= 11 is 1.76. The molecule has 0 aliphatic rings. The van der Waals surface area contributed by atoms with Crippen LogP contribution >= 0.6 is 11.3 Å². The fourth-order valence-corrected chi connectivity index (χ4v) is 3.86. The first kappa shape index (κ1) is 15.3. The van der Waals surface area contributed by atoms with Crippen LogP contribution in [0.1, 0.15) is 11.1 Å². The van der Waals surface area contributed by atoms with Crippen LogP contribution in [0.25, 0.3) is 21.5 Å². The van der Waals surface area contributed by atoms with Gasteiger partial charge in [0.25, 0.3) is 0 Å². The van der Waals surface area contributed by atoms with Crippen LogP contribution in [-0.4, -0.2) is 16.7 Å². The molecule has 2 heterocycles. The minimum atomic E-state index is -0.0338. The van der Waals surface area contributed by atoms with Crippen LogP contribution in [0.2, 0.25) is 0 Å². The zero-order valence-corrected chi connectivity index (χ0v) is 14.0. The summed E-state index contributed by atoms with van der Waals surface area (Å²) in [5.41, 5.74) is 15.6. The van der Waals surface area contributed by atoms with Crippen LogP contribution in [0, 0.1) is 6.92 Å². The second-order valence-corrected chi connectivity index (χ2v) is 6.28. The highest BCUT2D eigenvalue weighted by atomic mass is 32.1. The summed E-state index contributed by atoms with van der Waals surface area (Å²) in [5, 5.41) is 11.0. The van der Waals surface area contributed by atoms with Gasteiger partial charge >= 0.3 is 0 Å². The van der Waals surface area contributed by atoms with Gasteiger partial charge in [0.15, 0.2) is 0 Å². The molecule has 0 unspecified atom stereocenters. The topological polar surface area (TPSA) is 81.7 Å². The van der Waals surface area contributed by atoms with Gasteiger partial charge in [-0.25, -0.2) is 0 Å². The third-order valence-electron chi connectivity index (χ3n) is 3.84. The van der Waals surface area contributed by atoms with Gasteiger partial charge in [0.1, 0.15) is 0 Å². The van der Waals surface area contributed by atoms with Crippen molar-refractivity contribution in [3.63, 3.8) is 0 Å². The average Bonchev–Trinajstić information content (AvgIpc) is 3.06. The van der Waals surface area contributed by atoms with Gasteiger partial charge in [0.05, 0.1) is 10.6 Å². The van der Waals surface area contributed by atoms with Crippen molar-refractivity contribution in [3.8, 4) is 10.6 Å². The van der Waals surface area contributed by atoms with Crippen molar-refractivity contribution in [1.82, 2.24) is 4.57 Å². The molecule has 5 nitrogen and oxygen atoms in total. The number of hydrogen-bond donors (Lipinski definition) is 2. The van der Waals surface area contributed by atoms with Gasteiger partial charge in [-0.3, -0.25) is 0 Å². The maximum absolute atomic E-state index is 5.31. The number of guanidine groups is 1. The van der Waals surface area contributed by atoms with E-state index in [-0.39, 0.29) is 5.96 Å². The van der Waals surface area contributed by atoms with Crippen molar-refractivity contribution in [2.75, 3.05) is 0 Å². The summed E-state index contributed by atoms with van der Waals surface area (Å²) in [5.74, 6) is -0.0338. The number of benzene rings is 1. The molecule has 118 valence electrons. The molecule has 0 saturated carbocycles. The monoisotopic (exact) mass is 325 g/mol. The summed E-state index contributed by atoms with van der Waals surface area (Å²) in [4.78, 5) is 1.29. The van der Waals surface area contributed by atoms with E-state index in [1.165, 1.54) is 32.6 Å². The largest absolute Gasteiger partial charge is 0.369 e. The maximum atomic E-state index is 5.31. The number of nitrogens with two attached hydrogens (primary N) is 2. The summed E-state index contributed by atoms with van der Waals surface area (Å²) in [6.07, 6.45) is 2.42. The molecule has 0 radical (unpaired) electrons. The van der Waals surface area contributed by atoms with E-state index in [1.54, 1.807) is 17.6 Å². The number of fused-ring (bicyclic) bond motifs is 1. The highest BCUT2D eigenvalue weighted by Gasteiger charge is 2.17. The van der Waals surface area contributed by atoms with E-state index in [1.807, 2.05) is 0 Å². The number of para-hydroxylation sites is 1. The Morgan fingerprint density at radius 1 is 1.26 bits per heavy atom. The van der Waals surface area contributed by atoms with Crippen molar-refractivity contribution in [1.29, 1.82) is 0 Å². The van der Waals surface area contributed by atoms with Crippen molar-refractivity contribution >= 4 is 34.4 Å². The molecular formula is C17H19N5S. The number of aromatic nitrogens is 1. The summed E-state index contributed by atoms with van der Waals surface area (Å²) in [6.45, 7) is 2.14. The molecule has 0 spiro atoms. The zero-order valence-electron chi connectivity index (χ0n) is 13.2. The van der Waals surface area contributed by atoms with E-state index >= 15 is 0 Å². The Morgan fingerprint density at radius 3 is 2.74 bits per heavy atom. The number of rotatable bonds is 4. The molecule has 0 atom stereocenters.